The van der Waals surface area contributed by atoms with Crippen LogP contribution < -0.4 is 0 Å². The Hall–Kier alpha value is -0.280. The fourth-order valence-electron chi connectivity index (χ4n) is 2.98. The van der Waals surface area contributed by atoms with Crippen LogP contribution in [0.1, 0.15) is 33.1 Å². The van der Waals surface area contributed by atoms with E-state index in [9.17, 15) is 4.79 Å². The molecule has 2 aliphatic heterocycles. The number of carbonyl (C=O) groups excluding carboxylic acids is 1. The fraction of sp³-hybridized carbons (Fsp3) is 0.923. The summed E-state index contributed by atoms with van der Waals surface area (Å²) in [4.78, 5) is 16.9. The molecular formula is C13H23ClN2O. The quantitative estimate of drug-likeness (QED) is 0.707. The van der Waals surface area contributed by atoms with Crippen LogP contribution in [0.25, 0.3) is 0 Å². The Labute approximate surface area is 109 Å². The lowest BCUT2D eigenvalue weighted by Gasteiger charge is -2.32. The van der Waals surface area contributed by atoms with Gasteiger partial charge in [0.05, 0.1) is 5.41 Å². The first-order valence-electron chi connectivity index (χ1n) is 6.53. The van der Waals surface area contributed by atoms with Crippen LogP contribution in [0.15, 0.2) is 0 Å². The molecule has 0 N–H and O–H groups in total. The summed E-state index contributed by atoms with van der Waals surface area (Å²) >= 11 is 5.90. The Bertz CT molecular complexity index is 306. The van der Waals surface area contributed by atoms with Crippen LogP contribution in [-0.4, -0.2) is 53.8 Å². The molecule has 0 spiro atoms. The summed E-state index contributed by atoms with van der Waals surface area (Å²) in [6.07, 6.45) is 3.63. The Kier molecular flexibility index (Phi) is 3.69. The number of likely N-dealkylation sites (tertiary alicyclic amines) is 1. The van der Waals surface area contributed by atoms with Gasteiger partial charge in [0, 0.05) is 31.1 Å². The van der Waals surface area contributed by atoms with E-state index in [1.54, 1.807) is 0 Å². The number of carbonyl (C=O) groups is 1. The van der Waals surface area contributed by atoms with Gasteiger partial charge in [0.25, 0.3) is 0 Å². The molecule has 1 amide bonds. The molecule has 0 aromatic heterocycles. The second kappa shape index (κ2) is 4.77. The van der Waals surface area contributed by atoms with Gasteiger partial charge in [0.1, 0.15) is 0 Å². The number of hydrogen-bond acceptors (Lipinski definition) is 2. The van der Waals surface area contributed by atoms with Crippen molar-refractivity contribution in [1.82, 2.24) is 9.80 Å². The third-order valence-corrected chi connectivity index (χ3v) is 5.02. The minimum Gasteiger partial charge on any atom is -0.341 e. The molecule has 2 aliphatic rings. The molecule has 0 aliphatic carbocycles. The zero-order valence-electron chi connectivity index (χ0n) is 11.1. The van der Waals surface area contributed by atoms with Gasteiger partial charge < -0.3 is 4.90 Å². The number of halogens is 1. The third kappa shape index (κ3) is 2.45. The fourth-order valence-corrected chi connectivity index (χ4v) is 3.09. The van der Waals surface area contributed by atoms with Gasteiger partial charge in [0.2, 0.25) is 5.91 Å². The monoisotopic (exact) mass is 258 g/mol. The molecule has 0 aromatic carbocycles. The summed E-state index contributed by atoms with van der Waals surface area (Å²) in [5, 5.41) is 0. The van der Waals surface area contributed by atoms with Gasteiger partial charge in [-0.3, -0.25) is 9.69 Å². The summed E-state index contributed by atoms with van der Waals surface area (Å²) in [7, 11) is 2.20. The van der Waals surface area contributed by atoms with Crippen molar-refractivity contribution in [2.24, 2.45) is 5.41 Å². The minimum absolute atomic E-state index is 0.216. The Morgan fingerprint density at radius 3 is 2.59 bits per heavy atom. The van der Waals surface area contributed by atoms with E-state index >= 15 is 0 Å². The average molecular weight is 259 g/mol. The maximum absolute atomic E-state index is 12.4. The Morgan fingerprint density at radius 1 is 1.29 bits per heavy atom. The zero-order chi connectivity index (χ0) is 12.6. The highest BCUT2D eigenvalue weighted by Gasteiger charge is 2.39. The van der Waals surface area contributed by atoms with E-state index < -0.39 is 5.41 Å². The maximum Gasteiger partial charge on any atom is 0.229 e. The maximum atomic E-state index is 12.4. The first-order chi connectivity index (χ1) is 7.95. The number of alkyl halides is 1. The van der Waals surface area contributed by atoms with Gasteiger partial charge in [-0.15, -0.1) is 11.6 Å². The molecule has 3 nitrogen and oxygen atoms in total. The third-order valence-electron chi connectivity index (χ3n) is 4.35. The molecule has 2 atom stereocenters. The number of amides is 1. The van der Waals surface area contributed by atoms with Crippen molar-refractivity contribution in [3.63, 3.8) is 0 Å². The smallest absolute Gasteiger partial charge is 0.229 e. The Morgan fingerprint density at radius 2 is 1.94 bits per heavy atom. The minimum atomic E-state index is -0.427. The van der Waals surface area contributed by atoms with E-state index in [1.165, 1.54) is 12.8 Å². The summed E-state index contributed by atoms with van der Waals surface area (Å²) in [5.41, 5.74) is -0.427. The molecule has 2 fully saturated rings. The predicted octanol–water partition coefficient (Wildman–Crippen LogP) is 1.95. The summed E-state index contributed by atoms with van der Waals surface area (Å²) in [6.45, 7) is 5.65. The largest absolute Gasteiger partial charge is 0.341 e. The van der Waals surface area contributed by atoms with E-state index in [2.05, 4.69) is 11.9 Å². The van der Waals surface area contributed by atoms with E-state index in [0.29, 0.717) is 18.0 Å². The highest BCUT2D eigenvalue weighted by Crippen LogP contribution is 2.30. The Balaban J connectivity index is 2.06. The number of fused-ring (bicyclic) bond motifs is 2. The summed E-state index contributed by atoms with van der Waals surface area (Å²) in [5.74, 6) is 0.611. The van der Waals surface area contributed by atoms with E-state index in [-0.39, 0.29) is 5.91 Å². The van der Waals surface area contributed by atoms with Crippen molar-refractivity contribution in [3.8, 4) is 0 Å². The van der Waals surface area contributed by atoms with Gasteiger partial charge >= 0.3 is 0 Å². The average Bonchev–Trinajstić information content (AvgIpc) is 2.52. The van der Waals surface area contributed by atoms with Crippen LogP contribution in [0.2, 0.25) is 0 Å². The first kappa shape index (κ1) is 13.2. The van der Waals surface area contributed by atoms with Crippen LogP contribution in [0, 0.1) is 5.41 Å². The molecular weight excluding hydrogens is 236 g/mol. The molecule has 0 radical (unpaired) electrons. The van der Waals surface area contributed by atoms with Crippen molar-refractivity contribution >= 4 is 17.5 Å². The van der Waals surface area contributed by atoms with Crippen LogP contribution in [-0.2, 0) is 4.79 Å². The lowest BCUT2D eigenvalue weighted by atomic mass is 9.93. The van der Waals surface area contributed by atoms with Gasteiger partial charge in [-0.1, -0.05) is 0 Å². The zero-order valence-corrected chi connectivity index (χ0v) is 11.8. The van der Waals surface area contributed by atoms with Crippen LogP contribution in [0.4, 0.5) is 0 Å². The van der Waals surface area contributed by atoms with Crippen molar-refractivity contribution < 1.29 is 4.79 Å². The number of rotatable bonds is 2. The topological polar surface area (TPSA) is 23.6 Å². The van der Waals surface area contributed by atoms with Crippen LogP contribution in [0.5, 0.6) is 0 Å². The summed E-state index contributed by atoms with van der Waals surface area (Å²) in [6, 6.07) is 1.23. The summed E-state index contributed by atoms with van der Waals surface area (Å²) < 4.78 is 0. The lowest BCUT2D eigenvalue weighted by molar-refractivity contribution is -0.139. The molecule has 0 aromatic rings. The number of likely N-dealkylation sites (N-methyl/N-ethyl adjacent to an activating group) is 1. The first-order valence-corrected chi connectivity index (χ1v) is 7.06. The second-order valence-electron chi connectivity index (χ2n) is 6.11. The highest BCUT2D eigenvalue weighted by molar-refractivity contribution is 6.19. The van der Waals surface area contributed by atoms with E-state index in [1.807, 2.05) is 18.7 Å². The molecule has 2 saturated heterocycles. The molecule has 17 heavy (non-hydrogen) atoms. The molecule has 0 saturated carbocycles. The SMILES string of the molecule is CN1C2CCC1CN(C(=O)C(C)(C)CCl)CC2. The van der Waals surface area contributed by atoms with E-state index in [0.717, 1.165) is 19.5 Å². The second-order valence-corrected chi connectivity index (χ2v) is 6.38. The van der Waals surface area contributed by atoms with Gasteiger partial charge in [-0.2, -0.15) is 0 Å². The van der Waals surface area contributed by atoms with Crippen molar-refractivity contribution in [3.05, 3.63) is 0 Å². The van der Waals surface area contributed by atoms with Crippen molar-refractivity contribution in [1.29, 1.82) is 0 Å². The van der Waals surface area contributed by atoms with E-state index in [4.69, 9.17) is 11.6 Å². The molecule has 2 rings (SSSR count). The lowest BCUT2D eigenvalue weighted by Crippen LogP contribution is -2.46. The van der Waals surface area contributed by atoms with Gasteiger partial charge in [-0.25, -0.2) is 0 Å². The highest BCUT2D eigenvalue weighted by atomic mass is 35.5. The molecule has 98 valence electrons. The van der Waals surface area contributed by atoms with Gasteiger partial charge in [0.15, 0.2) is 0 Å². The van der Waals surface area contributed by atoms with Crippen LogP contribution in [0.3, 0.4) is 0 Å². The van der Waals surface area contributed by atoms with Crippen LogP contribution >= 0.6 is 11.6 Å². The standard InChI is InChI=1S/C13H23ClN2O/c1-13(2,9-14)12(17)16-7-6-10-4-5-11(8-16)15(10)3/h10-11H,4-9H2,1-3H3. The number of nitrogens with zero attached hydrogens (tertiary/aromatic N) is 2. The normalized spacial score (nSPS) is 30.5. The predicted molar refractivity (Wildman–Crippen MR) is 70.3 cm³/mol. The molecule has 2 unspecified atom stereocenters. The molecule has 2 bridgehead atoms. The number of hydrogen-bond donors (Lipinski definition) is 0. The van der Waals surface area contributed by atoms with Gasteiger partial charge in [-0.05, 0) is 40.2 Å². The molecule has 2 heterocycles. The molecule has 4 heteroatoms. The van der Waals surface area contributed by atoms with Crippen molar-refractivity contribution in [2.75, 3.05) is 26.0 Å². The van der Waals surface area contributed by atoms with Crippen molar-refractivity contribution in [2.45, 2.75) is 45.2 Å².